The Kier molecular flexibility index (Phi) is 4.31. The zero-order chi connectivity index (χ0) is 15.5. The van der Waals surface area contributed by atoms with Crippen LogP contribution in [0.2, 0.25) is 0 Å². The number of aryl methyl sites for hydroxylation is 1. The number of carbonyl (C=O) groups is 1. The van der Waals surface area contributed by atoms with Gasteiger partial charge in [-0.1, -0.05) is 30.3 Å². The van der Waals surface area contributed by atoms with E-state index in [2.05, 4.69) is 0 Å². The molecule has 0 fully saturated rings. The van der Waals surface area contributed by atoms with E-state index in [4.69, 9.17) is 0 Å². The van der Waals surface area contributed by atoms with Crippen molar-refractivity contribution in [3.05, 3.63) is 65.2 Å². The van der Waals surface area contributed by atoms with Gasteiger partial charge in [0.15, 0.2) is 5.78 Å². The smallest absolute Gasteiger partial charge is 0.416 e. The molecule has 0 radical (unpaired) electrons. The highest BCUT2D eigenvalue weighted by molar-refractivity contribution is 5.96. The molecule has 0 heterocycles. The number of phenols is 1. The summed E-state index contributed by atoms with van der Waals surface area (Å²) in [4.78, 5) is 11.9. The van der Waals surface area contributed by atoms with Gasteiger partial charge in [0.05, 0.1) is 5.56 Å². The summed E-state index contributed by atoms with van der Waals surface area (Å²) in [5, 5.41) is 9.61. The van der Waals surface area contributed by atoms with Crippen LogP contribution in [0.1, 0.15) is 27.9 Å². The molecule has 2 aromatic rings. The fourth-order valence-corrected chi connectivity index (χ4v) is 1.98. The van der Waals surface area contributed by atoms with Crippen molar-refractivity contribution in [1.29, 1.82) is 0 Å². The largest absolute Gasteiger partial charge is 0.508 e. The molecule has 0 aliphatic heterocycles. The topological polar surface area (TPSA) is 37.3 Å². The lowest BCUT2D eigenvalue weighted by Gasteiger charge is -2.10. The van der Waals surface area contributed by atoms with Crippen molar-refractivity contribution in [2.45, 2.75) is 19.0 Å². The lowest BCUT2D eigenvalue weighted by Crippen LogP contribution is -2.06. The molecule has 2 aromatic carbocycles. The minimum absolute atomic E-state index is 0.0406. The monoisotopic (exact) mass is 294 g/mol. The Hall–Kier alpha value is -2.30. The number of alkyl halides is 3. The van der Waals surface area contributed by atoms with Gasteiger partial charge in [-0.3, -0.25) is 4.79 Å². The van der Waals surface area contributed by atoms with Gasteiger partial charge in [-0.05, 0) is 30.2 Å². The molecule has 0 spiro atoms. The summed E-state index contributed by atoms with van der Waals surface area (Å²) >= 11 is 0. The van der Waals surface area contributed by atoms with Crippen molar-refractivity contribution in [2.24, 2.45) is 0 Å². The molecule has 0 saturated carbocycles. The molecule has 0 saturated heterocycles. The highest BCUT2D eigenvalue weighted by Gasteiger charge is 2.31. The third kappa shape index (κ3) is 3.84. The van der Waals surface area contributed by atoms with Gasteiger partial charge in [-0.25, -0.2) is 0 Å². The van der Waals surface area contributed by atoms with E-state index < -0.39 is 11.7 Å². The van der Waals surface area contributed by atoms with Crippen molar-refractivity contribution in [1.82, 2.24) is 0 Å². The predicted octanol–water partition coefficient (Wildman–Crippen LogP) is 4.23. The molecular formula is C16H13F3O2. The third-order valence-corrected chi connectivity index (χ3v) is 3.12. The van der Waals surface area contributed by atoms with Crippen LogP contribution in [0.4, 0.5) is 13.2 Å². The molecular weight excluding hydrogens is 281 g/mol. The van der Waals surface area contributed by atoms with Crippen LogP contribution < -0.4 is 0 Å². The van der Waals surface area contributed by atoms with E-state index in [1.807, 2.05) is 0 Å². The van der Waals surface area contributed by atoms with Crippen LogP contribution in [0.5, 0.6) is 5.75 Å². The number of ketones is 1. The number of Topliss-reactive ketones (excluding diaryl/α,β-unsaturated/α-hetero) is 1. The van der Waals surface area contributed by atoms with Gasteiger partial charge in [0.2, 0.25) is 0 Å². The minimum atomic E-state index is -4.47. The zero-order valence-electron chi connectivity index (χ0n) is 11.0. The fourth-order valence-electron chi connectivity index (χ4n) is 1.98. The average molecular weight is 294 g/mol. The summed E-state index contributed by atoms with van der Waals surface area (Å²) in [6, 6.07) is 11.2. The number of carbonyl (C=O) groups excluding carboxylic acids is 1. The first kappa shape index (κ1) is 15.1. The van der Waals surface area contributed by atoms with Crippen molar-refractivity contribution >= 4 is 5.78 Å². The maximum absolute atomic E-state index is 12.6. The van der Waals surface area contributed by atoms with Crippen LogP contribution in [0, 0.1) is 0 Å². The second kappa shape index (κ2) is 5.99. The van der Waals surface area contributed by atoms with E-state index in [1.54, 1.807) is 30.3 Å². The minimum Gasteiger partial charge on any atom is -0.508 e. The first-order valence-corrected chi connectivity index (χ1v) is 6.35. The number of phenolic OH excluding ortho intramolecular Hbond substituents is 1. The molecule has 21 heavy (non-hydrogen) atoms. The standard InChI is InChI=1S/C16H13F3O2/c17-16(18,19)13-7-9-15(21)12(10-13)6-8-14(20)11-4-2-1-3-5-11/h1-5,7,9-10,21H,6,8H2. The van der Waals surface area contributed by atoms with E-state index in [0.717, 1.165) is 18.2 Å². The molecule has 0 aromatic heterocycles. The first-order chi connectivity index (χ1) is 9.88. The lowest BCUT2D eigenvalue weighted by molar-refractivity contribution is -0.137. The Labute approximate surface area is 119 Å². The van der Waals surface area contributed by atoms with Crippen LogP contribution in [0.25, 0.3) is 0 Å². The Bertz CT molecular complexity index is 634. The molecule has 0 aliphatic carbocycles. The normalized spacial score (nSPS) is 11.4. The molecule has 5 heteroatoms. The number of rotatable bonds is 4. The summed E-state index contributed by atoms with van der Waals surface area (Å²) < 4.78 is 37.8. The Balaban J connectivity index is 2.11. The van der Waals surface area contributed by atoms with Gasteiger partial charge in [0.1, 0.15) is 5.75 Å². The van der Waals surface area contributed by atoms with Crippen LogP contribution in [0.15, 0.2) is 48.5 Å². The second-order valence-corrected chi connectivity index (χ2v) is 4.63. The van der Waals surface area contributed by atoms with E-state index in [0.29, 0.717) is 5.56 Å². The number of hydrogen-bond donors (Lipinski definition) is 1. The highest BCUT2D eigenvalue weighted by atomic mass is 19.4. The Morgan fingerprint density at radius 1 is 1.05 bits per heavy atom. The zero-order valence-corrected chi connectivity index (χ0v) is 11.0. The van der Waals surface area contributed by atoms with Crippen LogP contribution in [-0.2, 0) is 12.6 Å². The van der Waals surface area contributed by atoms with Gasteiger partial charge in [-0.15, -0.1) is 0 Å². The van der Waals surface area contributed by atoms with Crippen molar-refractivity contribution in [2.75, 3.05) is 0 Å². The van der Waals surface area contributed by atoms with Crippen LogP contribution in [-0.4, -0.2) is 10.9 Å². The number of aromatic hydroxyl groups is 1. The average Bonchev–Trinajstić information content (AvgIpc) is 2.45. The molecule has 2 rings (SSSR count). The van der Waals surface area contributed by atoms with Crippen molar-refractivity contribution in [3.8, 4) is 5.75 Å². The third-order valence-electron chi connectivity index (χ3n) is 3.12. The quantitative estimate of drug-likeness (QED) is 0.857. The molecule has 110 valence electrons. The number of hydrogen-bond acceptors (Lipinski definition) is 2. The second-order valence-electron chi connectivity index (χ2n) is 4.63. The first-order valence-electron chi connectivity index (χ1n) is 6.35. The van der Waals surface area contributed by atoms with E-state index in [9.17, 15) is 23.1 Å². The molecule has 1 N–H and O–H groups in total. The molecule has 2 nitrogen and oxygen atoms in total. The molecule has 0 atom stereocenters. The summed E-state index contributed by atoms with van der Waals surface area (Å²) in [5.74, 6) is -0.406. The maximum atomic E-state index is 12.6. The predicted molar refractivity (Wildman–Crippen MR) is 72.2 cm³/mol. The molecule has 0 aliphatic rings. The summed E-state index contributed by atoms with van der Waals surface area (Å²) in [7, 11) is 0. The van der Waals surface area contributed by atoms with Gasteiger partial charge in [0.25, 0.3) is 0 Å². The van der Waals surface area contributed by atoms with Crippen molar-refractivity contribution in [3.63, 3.8) is 0 Å². The Morgan fingerprint density at radius 3 is 2.33 bits per heavy atom. The molecule has 0 amide bonds. The van der Waals surface area contributed by atoms with Gasteiger partial charge >= 0.3 is 6.18 Å². The fraction of sp³-hybridized carbons (Fsp3) is 0.188. The van der Waals surface area contributed by atoms with E-state index in [1.165, 1.54) is 0 Å². The summed E-state index contributed by atoms with van der Waals surface area (Å²) in [5.41, 5.74) is -0.208. The van der Waals surface area contributed by atoms with Crippen LogP contribution >= 0.6 is 0 Å². The van der Waals surface area contributed by atoms with Gasteiger partial charge in [0, 0.05) is 12.0 Å². The SMILES string of the molecule is O=C(CCc1cc(C(F)(F)F)ccc1O)c1ccccc1. The number of halogens is 3. The molecule has 0 bridgehead atoms. The summed E-state index contributed by atoms with van der Waals surface area (Å²) in [6.07, 6.45) is -4.37. The van der Waals surface area contributed by atoms with E-state index in [-0.39, 0.29) is 29.9 Å². The molecule has 0 unspecified atom stereocenters. The van der Waals surface area contributed by atoms with Crippen LogP contribution in [0.3, 0.4) is 0 Å². The number of benzene rings is 2. The highest BCUT2D eigenvalue weighted by Crippen LogP contribution is 2.32. The van der Waals surface area contributed by atoms with Gasteiger partial charge < -0.3 is 5.11 Å². The maximum Gasteiger partial charge on any atom is 0.416 e. The van der Waals surface area contributed by atoms with E-state index >= 15 is 0 Å². The lowest BCUT2D eigenvalue weighted by atomic mass is 10.0. The summed E-state index contributed by atoms with van der Waals surface area (Å²) in [6.45, 7) is 0. The Morgan fingerprint density at radius 2 is 1.71 bits per heavy atom. The van der Waals surface area contributed by atoms with Gasteiger partial charge in [-0.2, -0.15) is 13.2 Å². The van der Waals surface area contributed by atoms with Crippen molar-refractivity contribution < 1.29 is 23.1 Å².